The largest absolute Gasteiger partial charge is 0.336 e. The van der Waals surface area contributed by atoms with Crippen molar-refractivity contribution in [2.24, 2.45) is 7.05 Å². The fourth-order valence-corrected chi connectivity index (χ4v) is 3.44. The van der Waals surface area contributed by atoms with Gasteiger partial charge in [-0.15, -0.1) is 0 Å². The Balaban J connectivity index is 1.67. The molecule has 0 aromatic carbocycles. The molecule has 4 heterocycles. The Bertz CT molecular complexity index is 1200. The molecular formula is C20H24N8O. The molecule has 0 aliphatic carbocycles. The number of amides is 1. The average molecular weight is 392 g/mol. The summed E-state index contributed by atoms with van der Waals surface area (Å²) in [6.07, 6.45) is 5.34. The maximum Gasteiger partial charge on any atom is 0.274 e. The number of fused-ring (bicyclic) bond motifs is 1. The van der Waals surface area contributed by atoms with Gasteiger partial charge in [0.15, 0.2) is 11.3 Å². The molecule has 4 aromatic heterocycles. The molecule has 150 valence electrons. The smallest absolute Gasteiger partial charge is 0.274 e. The standard InChI is InChI=1S/C20H24N8O/c1-6-27-14(3)16(11-23-27)18-7-8-21-19-9-17(24-28(18)19)20(29)25(4)12-15-10-22-26(5)13(15)2/h7-11H,6,12H2,1-5H3. The van der Waals surface area contributed by atoms with Gasteiger partial charge < -0.3 is 4.90 Å². The third-order valence-corrected chi connectivity index (χ3v) is 5.35. The van der Waals surface area contributed by atoms with E-state index in [0.717, 1.165) is 34.8 Å². The SMILES string of the molecule is CCn1ncc(-c2ccnc3cc(C(=O)N(C)Cc4cnn(C)c4C)nn23)c1C. The predicted molar refractivity (Wildman–Crippen MR) is 108 cm³/mol. The van der Waals surface area contributed by atoms with Gasteiger partial charge >= 0.3 is 0 Å². The topological polar surface area (TPSA) is 86.1 Å². The van der Waals surface area contributed by atoms with Gasteiger partial charge in [0, 0.05) is 62.0 Å². The summed E-state index contributed by atoms with van der Waals surface area (Å²) in [4.78, 5) is 19.0. The summed E-state index contributed by atoms with van der Waals surface area (Å²) in [5, 5.41) is 13.2. The normalized spacial score (nSPS) is 11.3. The lowest BCUT2D eigenvalue weighted by Crippen LogP contribution is -2.26. The van der Waals surface area contributed by atoms with E-state index in [2.05, 4.69) is 27.2 Å². The second kappa shape index (κ2) is 7.16. The molecule has 4 rings (SSSR count). The molecule has 0 spiro atoms. The maximum atomic E-state index is 13.0. The van der Waals surface area contributed by atoms with Crippen LogP contribution in [0.1, 0.15) is 34.4 Å². The van der Waals surface area contributed by atoms with Crippen molar-refractivity contribution in [3.63, 3.8) is 0 Å². The molecule has 29 heavy (non-hydrogen) atoms. The highest BCUT2D eigenvalue weighted by Gasteiger charge is 2.20. The van der Waals surface area contributed by atoms with Crippen molar-refractivity contribution in [1.82, 2.24) is 39.1 Å². The van der Waals surface area contributed by atoms with E-state index >= 15 is 0 Å². The zero-order valence-electron chi connectivity index (χ0n) is 17.3. The Morgan fingerprint density at radius 3 is 2.62 bits per heavy atom. The van der Waals surface area contributed by atoms with E-state index in [-0.39, 0.29) is 5.91 Å². The molecule has 0 atom stereocenters. The van der Waals surface area contributed by atoms with E-state index in [1.54, 1.807) is 39.6 Å². The van der Waals surface area contributed by atoms with Gasteiger partial charge in [-0.2, -0.15) is 15.3 Å². The number of nitrogens with zero attached hydrogens (tertiary/aromatic N) is 8. The average Bonchev–Trinajstić information content (AvgIpc) is 3.40. The first-order valence-electron chi connectivity index (χ1n) is 9.51. The van der Waals surface area contributed by atoms with Crippen LogP contribution in [0.3, 0.4) is 0 Å². The van der Waals surface area contributed by atoms with Gasteiger partial charge in [-0.3, -0.25) is 14.2 Å². The number of aryl methyl sites for hydroxylation is 2. The van der Waals surface area contributed by atoms with Crippen LogP contribution in [-0.4, -0.2) is 52.0 Å². The monoisotopic (exact) mass is 392 g/mol. The number of rotatable bonds is 5. The van der Waals surface area contributed by atoms with Gasteiger partial charge in [-0.05, 0) is 26.8 Å². The zero-order chi connectivity index (χ0) is 20.7. The number of hydrogen-bond acceptors (Lipinski definition) is 5. The molecular weight excluding hydrogens is 368 g/mol. The van der Waals surface area contributed by atoms with Crippen LogP contribution in [0.15, 0.2) is 30.7 Å². The summed E-state index contributed by atoms with van der Waals surface area (Å²) < 4.78 is 5.44. The Labute approximate surface area is 168 Å². The molecule has 4 aromatic rings. The first-order valence-corrected chi connectivity index (χ1v) is 9.51. The molecule has 9 nitrogen and oxygen atoms in total. The number of carbonyl (C=O) groups is 1. The van der Waals surface area contributed by atoms with Gasteiger partial charge in [0.2, 0.25) is 0 Å². The molecule has 0 bridgehead atoms. The number of aromatic nitrogens is 7. The van der Waals surface area contributed by atoms with Gasteiger partial charge in [0.05, 0.1) is 18.1 Å². The van der Waals surface area contributed by atoms with Crippen LogP contribution in [0.2, 0.25) is 0 Å². The number of carbonyl (C=O) groups excluding carboxylic acids is 1. The summed E-state index contributed by atoms with van der Waals surface area (Å²) in [5.41, 5.74) is 5.90. The Kier molecular flexibility index (Phi) is 4.65. The van der Waals surface area contributed by atoms with Crippen molar-refractivity contribution in [2.75, 3.05) is 7.05 Å². The van der Waals surface area contributed by atoms with Crippen LogP contribution in [0.5, 0.6) is 0 Å². The van der Waals surface area contributed by atoms with Crippen LogP contribution >= 0.6 is 0 Å². The molecule has 0 radical (unpaired) electrons. The predicted octanol–water partition coefficient (Wildman–Crippen LogP) is 2.24. The molecule has 0 saturated heterocycles. The second-order valence-electron chi connectivity index (χ2n) is 7.13. The van der Waals surface area contributed by atoms with Crippen LogP contribution in [0.4, 0.5) is 0 Å². The Hall–Kier alpha value is -3.49. The van der Waals surface area contributed by atoms with Crippen molar-refractivity contribution < 1.29 is 4.79 Å². The molecule has 0 fully saturated rings. The fourth-order valence-electron chi connectivity index (χ4n) is 3.44. The fraction of sp³-hybridized carbons (Fsp3) is 0.350. The minimum absolute atomic E-state index is 0.161. The van der Waals surface area contributed by atoms with E-state index in [1.807, 2.05) is 37.8 Å². The van der Waals surface area contributed by atoms with Crippen molar-refractivity contribution >= 4 is 11.6 Å². The van der Waals surface area contributed by atoms with E-state index in [0.29, 0.717) is 17.9 Å². The minimum Gasteiger partial charge on any atom is -0.336 e. The molecule has 0 saturated carbocycles. The van der Waals surface area contributed by atoms with Gasteiger partial charge in [-0.25, -0.2) is 9.50 Å². The summed E-state index contributed by atoms with van der Waals surface area (Å²) in [5.74, 6) is -0.161. The summed E-state index contributed by atoms with van der Waals surface area (Å²) in [6.45, 7) is 7.32. The Morgan fingerprint density at radius 1 is 1.17 bits per heavy atom. The summed E-state index contributed by atoms with van der Waals surface area (Å²) >= 11 is 0. The van der Waals surface area contributed by atoms with Crippen molar-refractivity contribution in [1.29, 1.82) is 0 Å². The van der Waals surface area contributed by atoms with Gasteiger partial charge in [0.25, 0.3) is 5.91 Å². The maximum absolute atomic E-state index is 13.0. The zero-order valence-corrected chi connectivity index (χ0v) is 17.3. The van der Waals surface area contributed by atoms with E-state index < -0.39 is 0 Å². The third-order valence-electron chi connectivity index (χ3n) is 5.35. The van der Waals surface area contributed by atoms with Crippen LogP contribution in [0, 0.1) is 13.8 Å². The molecule has 0 aliphatic heterocycles. The van der Waals surface area contributed by atoms with Gasteiger partial charge in [-0.1, -0.05) is 0 Å². The van der Waals surface area contributed by atoms with E-state index in [1.165, 1.54) is 0 Å². The van der Waals surface area contributed by atoms with Crippen LogP contribution < -0.4 is 0 Å². The lowest BCUT2D eigenvalue weighted by Gasteiger charge is -2.15. The Morgan fingerprint density at radius 2 is 1.97 bits per heavy atom. The first-order chi connectivity index (χ1) is 13.9. The lowest BCUT2D eigenvalue weighted by molar-refractivity contribution is 0.0778. The summed E-state index contributed by atoms with van der Waals surface area (Å²) in [7, 11) is 3.65. The van der Waals surface area contributed by atoms with Crippen LogP contribution in [0.25, 0.3) is 16.9 Å². The highest BCUT2D eigenvalue weighted by atomic mass is 16.2. The molecule has 0 N–H and O–H groups in total. The quantitative estimate of drug-likeness (QED) is 0.520. The van der Waals surface area contributed by atoms with Crippen LogP contribution in [-0.2, 0) is 20.1 Å². The lowest BCUT2D eigenvalue weighted by atomic mass is 10.2. The molecule has 1 amide bonds. The molecule has 0 aliphatic rings. The molecule has 9 heteroatoms. The van der Waals surface area contributed by atoms with E-state index in [4.69, 9.17) is 0 Å². The van der Waals surface area contributed by atoms with Crippen molar-refractivity contribution in [3.8, 4) is 11.3 Å². The minimum atomic E-state index is -0.161. The van der Waals surface area contributed by atoms with E-state index in [9.17, 15) is 4.79 Å². The van der Waals surface area contributed by atoms with Crippen molar-refractivity contribution in [3.05, 3.63) is 53.4 Å². The third kappa shape index (κ3) is 3.18. The number of hydrogen-bond donors (Lipinski definition) is 0. The second-order valence-corrected chi connectivity index (χ2v) is 7.13. The van der Waals surface area contributed by atoms with Gasteiger partial charge in [0.1, 0.15) is 0 Å². The highest BCUT2D eigenvalue weighted by molar-refractivity contribution is 5.93. The van der Waals surface area contributed by atoms with Crippen molar-refractivity contribution in [2.45, 2.75) is 33.9 Å². The molecule has 0 unspecified atom stereocenters. The highest BCUT2D eigenvalue weighted by Crippen LogP contribution is 2.24. The summed E-state index contributed by atoms with van der Waals surface area (Å²) in [6, 6.07) is 3.61. The first kappa shape index (κ1) is 18.9.